The van der Waals surface area contributed by atoms with Crippen LogP contribution in [0.3, 0.4) is 0 Å². The number of benzene rings is 1. The molecule has 2 N–H and O–H groups in total. The number of alkyl halides is 3. The Morgan fingerprint density at radius 2 is 2.00 bits per heavy atom. The Hall–Kier alpha value is -2.75. The number of hydrogen-bond donors (Lipinski definition) is 2. The van der Waals surface area contributed by atoms with Gasteiger partial charge in [-0.25, -0.2) is 4.98 Å². The van der Waals surface area contributed by atoms with E-state index in [9.17, 15) is 22.8 Å². The molecule has 1 amide bonds. The molecular weight excluding hydrogens is 389 g/mol. The quantitative estimate of drug-likeness (QED) is 0.800. The molecule has 0 saturated heterocycles. The van der Waals surface area contributed by atoms with Crippen LogP contribution >= 0.6 is 11.6 Å². The minimum Gasteiger partial charge on any atom is -0.404 e. The number of rotatable bonds is 5. The van der Waals surface area contributed by atoms with E-state index in [1.807, 2.05) is 0 Å². The van der Waals surface area contributed by atoms with E-state index in [4.69, 9.17) is 11.6 Å². The van der Waals surface area contributed by atoms with Crippen molar-refractivity contribution in [1.29, 1.82) is 0 Å². The second-order valence-electron chi connectivity index (χ2n) is 5.78. The highest BCUT2D eigenvalue weighted by atomic mass is 35.5. The van der Waals surface area contributed by atoms with Crippen LogP contribution in [-0.4, -0.2) is 36.3 Å². The molecule has 0 spiro atoms. The van der Waals surface area contributed by atoms with Gasteiger partial charge >= 0.3 is 6.36 Å². The zero-order chi connectivity index (χ0) is 20.4. The Balaban J connectivity index is 2.17. The van der Waals surface area contributed by atoms with E-state index in [1.165, 1.54) is 17.0 Å². The standard InChI is InChI=1S/C16H16ClF3N4O3/c1-8(9-4-5-12(10(17)6-9)27-16(18,19)20)21-14(26)11-7-13(25)23-15(22-11)24(2)3/h4-8H,1-3H3,(H,21,26)(H,22,23,25). The maximum Gasteiger partial charge on any atom is 0.573 e. The summed E-state index contributed by atoms with van der Waals surface area (Å²) < 4.78 is 40.7. The van der Waals surface area contributed by atoms with E-state index in [0.717, 1.165) is 12.1 Å². The number of amides is 1. The fourth-order valence-electron chi connectivity index (χ4n) is 2.12. The first-order valence-electron chi connectivity index (χ1n) is 7.61. The number of nitrogens with zero attached hydrogens (tertiary/aromatic N) is 2. The Labute approximate surface area is 157 Å². The van der Waals surface area contributed by atoms with Gasteiger partial charge in [-0.15, -0.1) is 13.2 Å². The van der Waals surface area contributed by atoms with E-state index in [2.05, 4.69) is 20.0 Å². The number of H-pyrrole nitrogens is 1. The van der Waals surface area contributed by atoms with Crippen LogP contribution in [0.5, 0.6) is 5.75 Å². The summed E-state index contributed by atoms with van der Waals surface area (Å²) in [6.45, 7) is 1.61. The van der Waals surface area contributed by atoms with Crippen molar-refractivity contribution >= 4 is 23.5 Å². The smallest absolute Gasteiger partial charge is 0.404 e. The molecule has 1 heterocycles. The van der Waals surface area contributed by atoms with E-state index in [1.54, 1.807) is 21.0 Å². The van der Waals surface area contributed by atoms with Crippen molar-refractivity contribution in [1.82, 2.24) is 15.3 Å². The van der Waals surface area contributed by atoms with Gasteiger partial charge in [-0.2, -0.15) is 0 Å². The maximum atomic E-state index is 12.3. The molecule has 0 fully saturated rings. The first-order valence-corrected chi connectivity index (χ1v) is 7.99. The number of hydrogen-bond acceptors (Lipinski definition) is 5. The highest BCUT2D eigenvalue weighted by Crippen LogP contribution is 2.32. The molecule has 0 radical (unpaired) electrons. The van der Waals surface area contributed by atoms with Gasteiger partial charge in [-0.3, -0.25) is 14.6 Å². The molecule has 0 aliphatic carbocycles. The zero-order valence-electron chi connectivity index (χ0n) is 14.5. The molecule has 1 unspecified atom stereocenters. The van der Waals surface area contributed by atoms with Gasteiger partial charge in [0.25, 0.3) is 11.5 Å². The van der Waals surface area contributed by atoms with Crippen molar-refractivity contribution < 1.29 is 22.7 Å². The molecule has 0 saturated carbocycles. The lowest BCUT2D eigenvalue weighted by molar-refractivity contribution is -0.274. The highest BCUT2D eigenvalue weighted by Gasteiger charge is 2.32. The molecule has 1 aromatic carbocycles. The van der Waals surface area contributed by atoms with E-state index >= 15 is 0 Å². The highest BCUT2D eigenvalue weighted by molar-refractivity contribution is 6.32. The van der Waals surface area contributed by atoms with Crippen molar-refractivity contribution in [3.63, 3.8) is 0 Å². The molecule has 2 rings (SSSR count). The number of anilines is 1. The van der Waals surface area contributed by atoms with Gasteiger partial charge in [0, 0.05) is 20.2 Å². The number of halogens is 4. The first kappa shape index (κ1) is 20.6. The molecule has 2 aromatic rings. The number of nitrogens with one attached hydrogen (secondary N) is 2. The van der Waals surface area contributed by atoms with Crippen LogP contribution in [0.4, 0.5) is 19.1 Å². The summed E-state index contributed by atoms with van der Waals surface area (Å²) in [4.78, 5) is 32.0. The topological polar surface area (TPSA) is 87.3 Å². The molecule has 1 aromatic heterocycles. The third kappa shape index (κ3) is 5.61. The van der Waals surface area contributed by atoms with Crippen LogP contribution in [0.2, 0.25) is 5.02 Å². The third-order valence-electron chi connectivity index (χ3n) is 3.41. The molecule has 0 aliphatic heterocycles. The van der Waals surface area contributed by atoms with Gasteiger partial charge < -0.3 is 15.0 Å². The second-order valence-corrected chi connectivity index (χ2v) is 6.19. The van der Waals surface area contributed by atoms with Crippen LogP contribution in [0.1, 0.15) is 29.0 Å². The number of aromatic amines is 1. The fraction of sp³-hybridized carbons (Fsp3) is 0.312. The molecule has 7 nitrogen and oxygen atoms in total. The predicted octanol–water partition coefficient (Wildman–Crippen LogP) is 2.88. The predicted molar refractivity (Wildman–Crippen MR) is 93.2 cm³/mol. The minimum absolute atomic E-state index is 0.0996. The van der Waals surface area contributed by atoms with Crippen molar-refractivity contribution in [2.75, 3.05) is 19.0 Å². The summed E-state index contributed by atoms with van der Waals surface area (Å²) in [6, 6.07) is 4.09. The Morgan fingerprint density at radius 1 is 1.33 bits per heavy atom. The number of carbonyl (C=O) groups excluding carboxylic acids is 1. The monoisotopic (exact) mass is 404 g/mol. The van der Waals surface area contributed by atoms with Gasteiger partial charge in [0.15, 0.2) is 0 Å². The van der Waals surface area contributed by atoms with Gasteiger partial charge in [0.05, 0.1) is 11.1 Å². The zero-order valence-corrected chi connectivity index (χ0v) is 15.3. The van der Waals surface area contributed by atoms with Crippen LogP contribution in [0, 0.1) is 0 Å². The van der Waals surface area contributed by atoms with Crippen LogP contribution in [-0.2, 0) is 0 Å². The summed E-state index contributed by atoms with van der Waals surface area (Å²) in [5.74, 6) is -0.959. The molecule has 0 bridgehead atoms. The second kappa shape index (κ2) is 7.87. The summed E-state index contributed by atoms with van der Waals surface area (Å²) in [5.41, 5.74) is -0.152. The summed E-state index contributed by atoms with van der Waals surface area (Å²) in [7, 11) is 3.30. The normalized spacial score (nSPS) is 12.4. The van der Waals surface area contributed by atoms with Crippen molar-refractivity contribution in [2.24, 2.45) is 0 Å². The van der Waals surface area contributed by atoms with Crippen molar-refractivity contribution in [2.45, 2.75) is 19.3 Å². The molecule has 0 aliphatic rings. The van der Waals surface area contributed by atoms with Crippen molar-refractivity contribution in [3.05, 3.63) is 50.9 Å². The average Bonchev–Trinajstić information content (AvgIpc) is 2.54. The minimum atomic E-state index is -4.86. The summed E-state index contributed by atoms with van der Waals surface area (Å²) in [6.07, 6.45) is -4.86. The average molecular weight is 405 g/mol. The molecule has 11 heteroatoms. The Kier molecular flexibility index (Phi) is 5.99. The van der Waals surface area contributed by atoms with Gasteiger partial charge in [0.1, 0.15) is 11.4 Å². The van der Waals surface area contributed by atoms with Crippen LogP contribution in [0.15, 0.2) is 29.1 Å². The summed E-state index contributed by atoms with van der Waals surface area (Å²) >= 11 is 5.81. The molecule has 146 valence electrons. The van der Waals surface area contributed by atoms with Gasteiger partial charge in [-0.05, 0) is 24.6 Å². The first-order chi connectivity index (χ1) is 12.5. The number of ether oxygens (including phenoxy) is 1. The Morgan fingerprint density at radius 3 is 2.56 bits per heavy atom. The number of carbonyl (C=O) groups is 1. The van der Waals surface area contributed by atoms with Gasteiger partial charge in [-0.1, -0.05) is 17.7 Å². The molecule has 1 atom stereocenters. The van der Waals surface area contributed by atoms with E-state index < -0.39 is 29.6 Å². The number of aromatic nitrogens is 2. The lowest BCUT2D eigenvalue weighted by Crippen LogP contribution is -2.30. The van der Waals surface area contributed by atoms with Gasteiger partial charge in [0.2, 0.25) is 5.95 Å². The third-order valence-corrected chi connectivity index (χ3v) is 3.71. The lowest BCUT2D eigenvalue weighted by atomic mass is 10.1. The Bertz CT molecular complexity index is 899. The van der Waals surface area contributed by atoms with E-state index in [0.29, 0.717) is 5.56 Å². The largest absolute Gasteiger partial charge is 0.573 e. The summed E-state index contributed by atoms with van der Waals surface area (Å²) in [5, 5.41) is 2.35. The maximum absolute atomic E-state index is 12.3. The molecule has 27 heavy (non-hydrogen) atoms. The fourth-order valence-corrected chi connectivity index (χ4v) is 2.35. The SMILES string of the molecule is CC(NC(=O)c1cc(=O)[nH]c(N(C)C)n1)c1ccc(OC(F)(F)F)c(Cl)c1. The van der Waals surface area contributed by atoms with Crippen molar-refractivity contribution in [3.8, 4) is 5.75 Å². The lowest BCUT2D eigenvalue weighted by Gasteiger charge is -2.17. The van der Waals surface area contributed by atoms with Crippen LogP contribution < -0.4 is 20.5 Å². The molecular formula is C16H16ClF3N4O3. The van der Waals surface area contributed by atoms with E-state index in [-0.39, 0.29) is 16.7 Å². The van der Waals surface area contributed by atoms with Crippen LogP contribution in [0.25, 0.3) is 0 Å².